The lowest BCUT2D eigenvalue weighted by Crippen LogP contribution is -1.93. The highest BCUT2D eigenvalue weighted by molar-refractivity contribution is 7.25. The molecule has 0 atom stereocenters. The Morgan fingerprint density at radius 3 is 1.65 bits per heavy atom. The average molecular weight is 678 g/mol. The number of thiophene rings is 1. The summed E-state index contributed by atoms with van der Waals surface area (Å²) in [6.07, 6.45) is 0. The van der Waals surface area contributed by atoms with E-state index >= 15 is 0 Å². The van der Waals surface area contributed by atoms with Gasteiger partial charge in [0.1, 0.15) is 0 Å². The maximum atomic E-state index is 2.41. The monoisotopic (exact) mass is 677 g/mol. The van der Waals surface area contributed by atoms with Crippen LogP contribution in [0.25, 0.3) is 103 Å². The molecule has 1 nitrogen and oxygen atoms in total. The van der Waals surface area contributed by atoms with Crippen molar-refractivity contribution in [2.24, 2.45) is 0 Å². The first-order valence-electron chi connectivity index (χ1n) is 17.8. The summed E-state index contributed by atoms with van der Waals surface area (Å²) in [5.41, 5.74) is 11.0. The van der Waals surface area contributed by atoms with Crippen LogP contribution in [0.1, 0.15) is 0 Å². The van der Waals surface area contributed by atoms with Gasteiger partial charge in [0.15, 0.2) is 0 Å². The van der Waals surface area contributed by atoms with Gasteiger partial charge in [-0.25, -0.2) is 0 Å². The third-order valence-corrected chi connectivity index (χ3v) is 12.0. The number of hydrogen-bond donors (Lipinski definition) is 0. The van der Waals surface area contributed by atoms with Crippen LogP contribution in [0.3, 0.4) is 0 Å². The lowest BCUT2D eigenvalue weighted by atomic mass is 9.92. The van der Waals surface area contributed by atoms with E-state index in [-0.39, 0.29) is 0 Å². The van der Waals surface area contributed by atoms with Crippen LogP contribution < -0.4 is 0 Å². The fourth-order valence-corrected chi connectivity index (χ4v) is 9.36. The zero-order chi connectivity index (χ0) is 34.2. The molecule has 0 N–H and O–H groups in total. The van der Waals surface area contributed by atoms with Crippen molar-refractivity contribution in [2.75, 3.05) is 0 Å². The zero-order valence-corrected chi connectivity index (χ0v) is 29.1. The second kappa shape index (κ2) is 11.5. The van der Waals surface area contributed by atoms with Crippen molar-refractivity contribution in [1.82, 2.24) is 4.57 Å². The van der Waals surface area contributed by atoms with Crippen molar-refractivity contribution < 1.29 is 0 Å². The van der Waals surface area contributed by atoms with Gasteiger partial charge >= 0.3 is 0 Å². The van der Waals surface area contributed by atoms with Crippen molar-refractivity contribution in [3.8, 4) is 39.1 Å². The molecule has 0 aliphatic heterocycles. The molecule has 0 saturated heterocycles. The number of hydrogen-bond acceptors (Lipinski definition) is 1. The largest absolute Gasteiger partial charge is 0.309 e. The molecule has 0 amide bonds. The fourth-order valence-electron chi connectivity index (χ4n) is 8.28. The average Bonchev–Trinajstić information content (AvgIpc) is 3.76. The van der Waals surface area contributed by atoms with Gasteiger partial charge in [0.05, 0.1) is 11.0 Å². The molecule has 11 aromatic rings. The van der Waals surface area contributed by atoms with Gasteiger partial charge in [0.25, 0.3) is 0 Å². The molecule has 0 aliphatic carbocycles. The van der Waals surface area contributed by atoms with E-state index in [4.69, 9.17) is 0 Å². The summed E-state index contributed by atoms with van der Waals surface area (Å²) in [5, 5.41) is 10.3. The van der Waals surface area contributed by atoms with Crippen molar-refractivity contribution in [2.45, 2.75) is 0 Å². The van der Waals surface area contributed by atoms with Crippen molar-refractivity contribution in [3.63, 3.8) is 0 Å². The van der Waals surface area contributed by atoms with E-state index in [0.29, 0.717) is 0 Å². The number of para-hydroxylation sites is 1. The first-order valence-corrected chi connectivity index (χ1v) is 18.7. The summed E-state index contributed by atoms with van der Waals surface area (Å²) in [5.74, 6) is 0. The number of benzene rings is 9. The Labute approximate surface area is 305 Å². The molecule has 9 aromatic carbocycles. The van der Waals surface area contributed by atoms with E-state index < -0.39 is 0 Å². The molecule has 11 rings (SSSR count). The maximum Gasteiger partial charge on any atom is 0.0541 e. The van der Waals surface area contributed by atoms with Gasteiger partial charge in [-0.2, -0.15) is 0 Å². The van der Waals surface area contributed by atoms with Crippen molar-refractivity contribution in [1.29, 1.82) is 0 Å². The van der Waals surface area contributed by atoms with Gasteiger partial charge in [-0.3, -0.25) is 0 Å². The second-order valence-corrected chi connectivity index (χ2v) is 14.8. The topological polar surface area (TPSA) is 4.93 Å². The molecule has 0 spiro atoms. The number of nitrogens with zero attached hydrogens (tertiary/aromatic N) is 1. The molecular weight excluding hydrogens is 647 g/mol. The third kappa shape index (κ3) is 4.55. The van der Waals surface area contributed by atoms with E-state index in [1.807, 2.05) is 11.3 Å². The van der Waals surface area contributed by atoms with E-state index in [0.717, 1.165) is 5.69 Å². The van der Waals surface area contributed by atoms with Crippen LogP contribution in [0.4, 0.5) is 0 Å². The van der Waals surface area contributed by atoms with Crippen LogP contribution >= 0.6 is 11.3 Å². The number of aromatic nitrogens is 1. The van der Waals surface area contributed by atoms with Crippen LogP contribution in [-0.2, 0) is 0 Å². The van der Waals surface area contributed by atoms with E-state index in [2.05, 4.69) is 193 Å². The lowest BCUT2D eigenvalue weighted by molar-refractivity contribution is 1.18. The van der Waals surface area contributed by atoms with E-state index in [1.165, 1.54) is 96.9 Å². The SMILES string of the molecule is c1ccc2c(c1)cc(-c1ccc3c(c1)c1ccccc1n3-c1ccc(-c3ccc(-c4ccc5sc6ccccc6c5c4)cc3)cc1)c1ccccc12. The molecular formula is C50H31NS. The van der Waals surface area contributed by atoms with Gasteiger partial charge in [-0.05, 0) is 110 Å². The molecule has 0 radical (unpaired) electrons. The Morgan fingerprint density at radius 1 is 0.308 bits per heavy atom. The maximum absolute atomic E-state index is 2.41. The molecule has 2 aromatic heterocycles. The van der Waals surface area contributed by atoms with Crippen LogP contribution in [0.2, 0.25) is 0 Å². The first-order chi connectivity index (χ1) is 25.8. The van der Waals surface area contributed by atoms with Gasteiger partial charge in [0.2, 0.25) is 0 Å². The molecule has 0 aliphatic rings. The molecule has 2 heterocycles. The lowest BCUT2D eigenvalue weighted by Gasteiger charge is -2.12. The smallest absolute Gasteiger partial charge is 0.0541 e. The third-order valence-electron chi connectivity index (χ3n) is 10.8. The molecule has 0 fully saturated rings. The number of rotatable bonds is 4. The quantitative estimate of drug-likeness (QED) is 0.163. The molecule has 52 heavy (non-hydrogen) atoms. The van der Waals surface area contributed by atoms with Crippen molar-refractivity contribution >= 4 is 74.9 Å². The minimum atomic E-state index is 1.16. The summed E-state index contributed by atoms with van der Waals surface area (Å²) in [6.45, 7) is 0. The normalized spacial score (nSPS) is 11.8. The minimum Gasteiger partial charge on any atom is -0.309 e. The van der Waals surface area contributed by atoms with E-state index in [1.54, 1.807) is 0 Å². The molecule has 0 saturated carbocycles. The van der Waals surface area contributed by atoms with E-state index in [9.17, 15) is 0 Å². The molecule has 0 unspecified atom stereocenters. The fraction of sp³-hybridized carbons (Fsp3) is 0. The molecule has 0 bridgehead atoms. The predicted octanol–water partition coefficient (Wildman–Crippen LogP) is 14.5. The Hall–Kier alpha value is -6.48. The Balaban J connectivity index is 0.963. The Kier molecular flexibility index (Phi) is 6.49. The molecule has 2 heteroatoms. The Morgan fingerprint density at radius 2 is 0.846 bits per heavy atom. The summed E-state index contributed by atoms with van der Waals surface area (Å²) in [7, 11) is 0. The first kappa shape index (κ1) is 29.3. The molecule has 242 valence electrons. The van der Waals surface area contributed by atoms with Gasteiger partial charge in [-0.15, -0.1) is 11.3 Å². The van der Waals surface area contributed by atoms with Crippen LogP contribution in [0, 0.1) is 0 Å². The highest BCUT2D eigenvalue weighted by Gasteiger charge is 2.15. The zero-order valence-electron chi connectivity index (χ0n) is 28.3. The van der Waals surface area contributed by atoms with Gasteiger partial charge in [-0.1, -0.05) is 133 Å². The minimum absolute atomic E-state index is 1.16. The second-order valence-electron chi connectivity index (χ2n) is 13.7. The standard InChI is InChI=1S/C50H31NS/c1-2-10-39-36(9-1)30-44(41-12-4-3-11-40(39)41)37-23-27-48-45(31-37)42-13-5-7-15-47(42)51(48)38-25-21-33(22-26-38)32-17-19-34(20-18-32)35-24-28-50-46(29-35)43-14-6-8-16-49(43)52-50/h1-31H. The highest BCUT2D eigenvalue weighted by atomic mass is 32.1. The summed E-state index contributed by atoms with van der Waals surface area (Å²) in [4.78, 5) is 0. The summed E-state index contributed by atoms with van der Waals surface area (Å²) >= 11 is 1.86. The van der Waals surface area contributed by atoms with Crippen molar-refractivity contribution in [3.05, 3.63) is 188 Å². The van der Waals surface area contributed by atoms with Gasteiger partial charge < -0.3 is 4.57 Å². The van der Waals surface area contributed by atoms with Crippen LogP contribution in [0.15, 0.2) is 188 Å². The van der Waals surface area contributed by atoms with Crippen LogP contribution in [0.5, 0.6) is 0 Å². The summed E-state index contributed by atoms with van der Waals surface area (Å²) in [6, 6.07) is 69.2. The Bertz CT molecular complexity index is 3160. The number of fused-ring (bicyclic) bond motifs is 9. The van der Waals surface area contributed by atoms with Crippen LogP contribution in [-0.4, -0.2) is 4.57 Å². The highest BCUT2D eigenvalue weighted by Crippen LogP contribution is 2.40. The summed E-state index contributed by atoms with van der Waals surface area (Å²) < 4.78 is 5.09. The predicted molar refractivity (Wildman–Crippen MR) is 225 cm³/mol. The van der Waals surface area contributed by atoms with Gasteiger partial charge in [0, 0.05) is 36.6 Å².